The second-order valence-corrected chi connectivity index (χ2v) is 11.4. The molecule has 0 aromatic carbocycles. The molecule has 1 nitrogen and oxygen atoms in total. The normalized spacial score (nSPS) is 14.8. The number of rotatable bonds is 3. The molecule has 0 saturated carbocycles. The van der Waals surface area contributed by atoms with Crippen molar-refractivity contribution in [1.82, 2.24) is 4.90 Å². The van der Waals surface area contributed by atoms with Gasteiger partial charge in [0.2, 0.25) is 0 Å². The zero-order chi connectivity index (χ0) is 10.9. The molecule has 1 unspecified atom stereocenters. The summed E-state index contributed by atoms with van der Waals surface area (Å²) in [5, 5.41) is 2.21. The van der Waals surface area contributed by atoms with Gasteiger partial charge in [0.05, 0.1) is 8.07 Å². The van der Waals surface area contributed by atoms with Gasteiger partial charge >= 0.3 is 0 Å². The molecule has 0 aliphatic heterocycles. The molecule has 1 aromatic rings. The molecule has 3 heteroatoms. The van der Waals surface area contributed by atoms with Gasteiger partial charge in [0.15, 0.2) is 0 Å². The standard InChI is InChI=1S/C11H21NSSi/c1-9-7-8-13-10(9)11(12(2)3)14(4,5)6/h7-8,11H,1-6H3. The lowest BCUT2D eigenvalue weighted by atomic mass is 10.3. The number of nitrogens with zero attached hydrogens (tertiary/aromatic N) is 1. The van der Waals surface area contributed by atoms with Gasteiger partial charge in [-0.25, -0.2) is 0 Å². The summed E-state index contributed by atoms with van der Waals surface area (Å²) in [7, 11) is 3.24. The molecule has 80 valence electrons. The third-order valence-electron chi connectivity index (χ3n) is 2.49. The van der Waals surface area contributed by atoms with Gasteiger partial charge in [-0.2, -0.15) is 0 Å². The van der Waals surface area contributed by atoms with Crippen LogP contribution < -0.4 is 0 Å². The Bertz CT molecular complexity index is 298. The smallest absolute Gasteiger partial charge is 0.0705 e. The van der Waals surface area contributed by atoms with E-state index in [1.54, 1.807) is 4.88 Å². The Morgan fingerprint density at radius 2 is 1.86 bits per heavy atom. The molecule has 0 aliphatic carbocycles. The van der Waals surface area contributed by atoms with Crippen molar-refractivity contribution in [3.05, 3.63) is 21.9 Å². The molecule has 14 heavy (non-hydrogen) atoms. The van der Waals surface area contributed by atoms with Crippen LogP contribution in [0.15, 0.2) is 11.4 Å². The van der Waals surface area contributed by atoms with E-state index in [4.69, 9.17) is 0 Å². The predicted molar refractivity (Wildman–Crippen MR) is 68.8 cm³/mol. The third kappa shape index (κ3) is 2.46. The van der Waals surface area contributed by atoms with E-state index in [2.05, 4.69) is 57.0 Å². The van der Waals surface area contributed by atoms with Crippen molar-refractivity contribution in [2.24, 2.45) is 0 Å². The van der Waals surface area contributed by atoms with Crippen LogP contribution in [0.2, 0.25) is 19.6 Å². The van der Waals surface area contributed by atoms with Crippen LogP contribution in [0.1, 0.15) is 16.1 Å². The zero-order valence-electron chi connectivity index (χ0n) is 10.1. The Morgan fingerprint density at radius 3 is 2.14 bits per heavy atom. The Hall–Kier alpha value is -0.123. The van der Waals surface area contributed by atoms with Crippen molar-refractivity contribution in [2.45, 2.75) is 32.2 Å². The molecule has 1 atom stereocenters. The minimum atomic E-state index is -1.15. The van der Waals surface area contributed by atoms with Gasteiger partial charge < -0.3 is 4.90 Å². The van der Waals surface area contributed by atoms with E-state index in [-0.39, 0.29) is 0 Å². The van der Waals surface area contributed by atoms with E-state index in [0.717, 1.165) is 0 Å². The van der Waals surface area contributed by atoms with Crippen molar-refractivity contribution >= 4 is 19.4 Å². The number of aryl methyl sites for hydroxylation is 1. The first-order valence-electron chi connectivity index (χ1n) is 5.04. The highest BCUT2D eigenvalue weighted by Crippen LogP contribution is 2.34. The molecule has 0 saturated heterocycles. The monoisotopic (exact) mass is 227 g/mol. The topological polar surface area (TPSA) is 3.24 Å². The first-order valence-corrected chi connectivity index (χ1v) is 9.50. The number of hydrogen-bond donors (Lipinski definition) is 0. The number of thiophene rings is 1. The van der Waals surface area contributed by atoms with E-state index >= 15 is 0 Å². The number of hydrogen-bond acceptors (Lipinski definition) is 2. The maximum atomic E-state index is 2.44. The van der Waals surface area contributed by atoms with E-state index in [0.29, 0.717) is 5.67 Å². The second kappa shape index (κ2) is 4.17. The highest BCUT2D eigenvalue weighted by molar-refractivity contribution is 7.11. The zero-order valence-corrected chi connectivity index (χ0v) is 11.9. The Balaban J connectivity index is 3.08. The van der Waals surface area contributed by atoms with Crippen LogP contribution in [0.25, 0.3) is 0 Å². The maximum Gasteiger partial charge on any atom is 0.0705 e. The Labute approximate surface area is 92.8 Å². The van der Waals surface area contributed by atoms with Gasteiger partial charge in [-0.1, -0.05) is 19.6 Å². The summed E-state index contributed by atoms with van der Waals surface area (Å²) in [6.45, 7) is 9.55. The fraction of sp³-hybridized carbons (Fsp3) is 0.636. The minimum absolute atomic E-state index is 0.655. The average molecular weight is 227 g/mol. The first kappa shape index (κ1) is 11.9. The fourth-order valence-corrected chi connectivity index (χ4v) is 6.91. The maximum absolute atomic E-state index is 2.44. The molecule has 0 amide bonds. The molecular weight excluding hydrogens is 206 g/mol. The quantitative estimate of drug-likeness (QED) is 0.714. The summed E-state index contributed by atoms with van der Waals surface area (Å²) in [4.78, 5) is 3.94. The highest BCUT2D eigenvalue weighted by Gasteiger charge is 2.31. The lowest BCUT2D eigenvalue weighted by molar-refractivity contribution is 0.375. The fourth-order valence-electron chi connectivity index (χ4n) is 2.07. The molecule has 0 radical (unpaired) electrons. The summed E-state index contributed by atoms with van der Waals surface area (Å²) >= 11 is 1.91. The van der Waals surface area contributed by atoms with E-state index in [9.17, 15) is 0 Å². The van der Waals surface area contributed by atoms with Gasteiger partial charge in [0, 0.05) is 10.5 Å². The molecule has 0 N–H and O–H groups in total. The van der Waals surface area contributed by atoms with Crippen LogP contribution in [0.5, 0.6) is 0 Å². The SMILES string of the molecule is Cc1ccsc1C(N(C)C)[Si](C)(C)C. The molecule has 0 spiro atoms. The van der Waals surface area contributed by atoms with Crippen molar-refractivity contribution in [2.75, 3.05) is 14.1 Å². The van der Waals surface area contributed by atoms with Crippen molar-refractivity contribution in [3.63, 3.8) is 0 Å². The second-order valence-electron chi connectivity index (χ2n) is 5.20. The minimum Gasteiger partial charge on any atom is -0.304 e. The van der Waals surface area contributed by atoms with Crippen molar-refractivity contribution in [3.8, 4) is 0 Å². The Morgan fingerprint density at radius 1 is 1.29 bits per heavy atom. The highest BCUT2D eigenvalue weighted by atomic mass is 32.1. The van der Waals surface area contributed by atoms with E-state index in [1.807, 2.05) is 11.3 Å². The first-order chi connectivity index (χ1) is 6.34. The van der Waals surface area contributed by atoms with Crippen molar-refractivity contribution in [1.29, 1.82) is 0 Å². The molecule has 0 aliphatic rings. The molecule has 1 rings (SSSR count). The van der Waals surface area contributed by atoms with E-state index < -0.39 is 8.07 Å². The molecule has 0 fully saturated rings. The molecular formula is C11H21NSSi. The van der Waals surface area contributed by atoms with Crippen LogP contribution >= 0.6 is 11.3 Å². The summed E-state index contributed by atoms with van der Waals surface area (Å²) in [6, 6.07) is 2.23. The van der Waals surface area contributed by atoms with Gasteiger partial charge in [0.25, 0.3) is 0 Å². The van der Waals surface area contributed by atoms with Crippen LogP contribution in [0.3, 0.4) is 0 Å². The summed E-state index contributed by atoms with van der Waals surface area (Å²) in [6.07, 6.45) is 0. The summed E-state index contributed by atoms with van der Waals surface area (Å²) in [5.41, 5.74) is 2.11. The van der Waals surface area contributed by atoms with Gasteiger partial charge in [-0.05, 0) is 38.0 Å². The summed E-state index contributed by atoms with van der Waals surface area (Å²) < 4.78 is 0. The van der Waals surface area contributed by atoms with Gasteiger partial charge in [-0.15, -0.1) is 11.3 Å². The van der Waals surface area contributed by atoms with Gasteiger partial charge in [0.1, 0.15) is 0 Å². The third-order valence-corrected chi connectivity index (χ3v) is 6.21. The van der Waals surface area contributed by atoms with Crippen LogP contribution in [0, 0.1) is 6.92 Å². The lowest BCUT2D eigenvalue weighted by Crippen LogP contribution is -2.40. The molecule has 0 bridgehead atoms. The van der Waals surface area contributed by atoms with Gasteiger partial charge in [-0.3, -0.25) is 0 Å². The van der Waals surface area contributed by atoms with Crippen LogP contribution in [-0.4, -0.2) is 27.1 Å². The largest absolute Gasteiger partial charge is 0.304 e. The van der Waals surface area contributed by atoms with Crippen molar-refractivity contribution < 1.29 is 0 Å². The van der Waals surface area contributed by atoms with E-state index in [1.165, 1.54) is 5.56 Å². The Kier molecular flexibility index (Phi) is 3.56. The van der Waals surface area contributed by atoms with Crippen LogP contribution in [0.4, 0.5) is 0 Å². The van der Waals surface area contributed by atoms with Crippen LogP contribution in [-0.2, 0) is 0 Å². The molecule has 1 aromatic heterocycles. The lowest BCUT2D eigenvalue weighted by Gasteiger charge is -2.34. The average Bonchev–Trinajstić information content (AvgIpc) is 2.32. The predicted octanol–water partition coefficient (Wildman–Crippen LogP) is 3.54. The molecule has 1 heterocycles. The summed E-state index contributed by atoms with van der Waals surface area (Å²) in [5.74, 6) is 0.